The number of ether oxygens (including phenoxy) is 2. The van der Waals surface area contributed by atoms with E-state index in [-0.39, 0.29) is 0 Å². The number of anilines is 1. The van der Waals surface area contributed by atoms with E-state index in [4.69, 9.17) is 9.47 Å². The van der Waals surface area contributed by atoms with Crippen molar-refractivity contribution in [2.75, 3.05) is 5.32 Å². The van der Waals surface area contributed by atoms with Gasteiger partial charge in [-0.05, 0) is 61.0 Å². The molecule has 5 heteroatoms. The number of halogens is 1. The number of amides is 1. The van der Waals surface area contributed by atoms with Crippen molar-refractivity contribution >= 4 is 27.7 Å². The molecule has 0 heterocycles. The zero-order chi connectivity index (χ0) is 16.2. The molecule has 0 saturated heterocycles. The summed E-state index contributed by atoms with van der Waals surface area (Å²) in [5.74, 6) is 1.33. The van der Waals surface area contributed by atoms with Gasteiger partial charge in [-0.15, -0.1) is 0 Å². The van der Waals surface area contributed by atoms with Crippen LogP contribution in [0.3, 0.4) is 0 Å². The minimum Gasteiger partial charge on any atom is -0.456 e. The Morgan fingerprint density at radius 3 is 2.50 bits per heavy atom. The molecule has 2 rings (SSSR count). The second-order valence-corrected chi connectivity index (χ2v) is 6.54. The fourth-order valence-corrected chi connectivity index (χ4v) is 2.08. The Bertz CT molecular complexity index is 665. The van der Waals surface area contributed by atoms with Crippen molar-refractivity contribution in [3.8, 4) is 11.5 Å². The molecule has 1 amide bonds. The highest BCUT2D eigenvalue weighted by molar-refractivity contribution is 9.10. The topological polar surface area (TPSA) is 47.6 Å². The lowest BCUT2D eigenvalue weighted by atomic mass is 10.2. The van der Waals surface area contributed by atoms with E-state index in [1.165, 1.54) is 0 Å². The van der Waals surface area contributed by atoms with Crippen molar-refractivity contribution in [1.82, 2.24) is 0 Å². The van der Waals surface area contributed by atoms with Gasteiger partial charge in [0, 0.05) is 11.8 Å². The number of para-hydroxylation sites is 1. The van der Waals surface area contributed by atoms with Crippen LogP contribution in [-0.4, -0.2) is 11.7 Å². The summed E-state index contributed by atoms with van der Waals surface area (Å²) in [6.07, 6.45) is -0.495. The zero-order valence-electron chi connectivity index (χ0n) is 12.7. The first-order valence-corrected chi connectivity index (χ1v) is 7.65. The molecule has 2 aromatic carbocycles. The maximum atomic E-state index is 11.8. The molecule has 0 aliphatic rings. The first-order valence-electron chi connectivity index (χ1n) is 6.86. The molecule has 116 valence electrons. The van der Waals surface area contributed by atoms with E-state index in [9.17, 15) is 4.79 Å². The molecule has 0 spiro atoms. The molecule has 0 atom stereocenters. The minimum atomic E-state index is -0.535. The fraction of sp³-hybridized carbons (Fsp3) is 0.235. The smallest absolute Gasteiger partial charge is 0.412 e. The molecule has 0 bridgehead atoms. The van der Waals surface area contributed by atoms with Gasteiger partial charge >= 0.3 is 6.09 Å². The SMILES string of the molecule is CC(C)(C)OC(=O)Nc1cccc(Oc2ccccc2Br)c1. The lowest BCUT2D eigenvalue weighted by Crippen LogP contribution is -2.27. The molecule has 1 N–H and O–H groups in total. The molecular weight excluding hydrogens is 346 g/mol. The van der Waals surface area contributed by atoms with Gasteiger partial charge in [-0.3, -0.25) is 5.32 Å². The van der Waals surface area contributed by atoms with E-state index in [2.05, 4.69) is 21.2 Å². The third-order valence-corrected chi connectivity index (χ3v) is 3.20. The van der Waals surface area contributed by atoms with E-state index in [1.807, 2.05) is 51.1 Å². The quantitative estimate of drug-likeness (QED) is 0.773. The number of nitrogens with one attached hydrogen (secondary N) is 1. The number of carbonyl (C=O) groups excluding carboxylic acids is 1. The lowest BCUT2D eigenvalue weighted by molar-refractivity contribution is 0.0636. The fourth-order valence-electron chi connectivity index (χ4n) is 1.71. The van der Waals surface area contributed by atoms with Gasteiger partial charge in [-0.2, -0.15) is 0 Å². The first-order chi connectivity index (χ1) is 10.3. The van der Waals surface area contributed by atoms with E-state index in [0.717, 1.165) is 4.47 Å². The average Bonchev–Trinajstić information content (AvgIpc) is 2.39. The van der Waals surface area contributed by atoms with Gasteiger partial charge in [0.25, 0.3) is 0 Å². The Kier molecular flexibility index (Phi) is 5.08. The molecular formula is C17H18BrNO3. The van der Waals surface area contributed by atoms with Crippen LogP contribution >= 0.6 is 15.9 Å². The molecule has 0 fully saturated rings. The molecule has 0 saturated carbocycles. The van der Waals surface area contributed by atoms with Crippen molar-refractivity contribution in [3.05, 3.63) is 53.0 Å². The molecule has 0 aromatic heterocycles. The van der Waals surface area contributed by atoms with Crippen LogP contribution in [0.2, 0.25) is 0 Å². The van der Waals surface area contributed by atoms with Crippen LogP contribution < -0.4 is 10.1 Å². The normalized spacial score (nSPS) is 10.9. The maximum Gasteiger partial charge on any atom is 0.412 e. The average molecular weight is 364 g/mol. The minimum absolute atomic E-state index is 0.495. The predicted molar refractivity (Wildman–Crippen MR) is 90.5 cm³/mol. The van der Waals surface area contributed by atoms with Gasteiger partial charge in [-0.1, -0.05) is 18.2 Å². The van der Waals surface area contributed by atoms with Gasteiger partial charge in [0.15, 0.2) is 0 Å². The molecule has 0 radical (unpaired) electrons. The van der Waals surface area contributed by atoms with E-state index < -0.39 is 11.7 Å². The second kappa shape index (κ2) is 6.83. The van der Waals surface area contributed by atoms with E-state index in [1.54, 1.807) is 18.2 Å². The summed E-state index contributed by atoms with van der Waals surface area (Å²) < 4.78 is 11.9. The summed E-state index contributed by atoms with van der Waals surface area (Å²) in [6.45, 7) is 5.46. The van der Waals surface area contributed by atoms with E-state index in [0.29, 0.717) is 17.2 Å². The Labute approximate surface area is 138 Å². The number of hydrogen-bond acceptors (Lipinski definition) is 3. The summed E-state index contributed by atoms with van der Waals surface area (Å²) in [7, 11) is 0. The molecule has 2 aromatic rings. The van der Waals surface area contributed by atoms with Gasteiger partial charge in [0.2, 0.25) is 0 Å². The van der Waals surface area contributed by atoms with Crippen molar-refractivity contribution in [2.24, 2.45) is 0 Å². The lowest BCUT2D eigenvalue weighted by Gasteiger charge is -2.19. The van der Waals surface area contributed by atoms with Crippen LogP contribution in [0.4, 0.5) is 10.5 Å². The first kappa shape index (κ1) is 16.4. The Morgan fingerprint density at radius 2 is 1.82 bits per heavy atom. The highest BCUT2D eigenvalue weighted by Gasteiger charge is 2.16. The van der Waals surface area contributed by atoms with Crippen molar-refractivity contribution in [1.29, 1.82) is 0 Å². The molecule has 0 unspecified atom stereocenters. The largest absolute Gasteiger partial charge is 0.456 e. The van der Waals surface area contributed by atoms with Gasteiger partial charge in [0.05, 0.1) is 4.47 Å². The molecule has 22 heavy (non-hydrogen) atoms. The summed E-state index contributed by atoms with van der Waals surface area (Å²) in [5, 5.41) is 2.69. The van der Waals surface area contributed by atoms with Crippen LogP contribution in [0, 0.1) is 0 Å². The van der Waals surface area contributed by atoms with E-state index >= 15 is 0 Å². The number of benzene rings is 2. The Morgan fingerprint density at radius 1 is 1.09 bits per heavy atom. The van der Waals surface area contributed by atoms with Crippen LogP contribution in [0.25, 0.3) is 0 Å². The monoisotopic (exact) mass is 363 g/mol. The third-order valence-electron chi connectivity index (χ3n) is 2.54. The number of hydrogen-bond donors (Lipinski definition) is 1. The Hall–Kier alpha value is -2.01. The van der Waals surface area contributed by atoms with Gasteiger partial charge in [-0.25, -0.2) is 4.79 Å². The number of rotatable bonds is 3. The summed E-state index contributed by atoms with van der Waals surface area (Å²) in [6, 6.07) is 14.7. The van der Waals surface area contributed by atoms with Crippen molar-refractivity contribution in [2.45, 2.75) is 26.4 Å². The predicted octanol–water partition coefficient (Wildman–Crippen LogP) is 5.59. The summed E-state index contributed by atoms with van der Waals surface area (Å²) in [5.41, 5.74) is 0.0754. The third kappa shape index (κ3) is 5.07. The van der Waals surface area contributed by atoms with Crippen molar-refractivity contribution < 1.29 is 14.3 Å². The van der Waals surface area contributed by atoms with Crippen LogP contribution in [0.15, 0.2) is 53.0 Å². The second-order valence-electron chi connectivity index (χ2n) is 5.69. The Balaban J connectivity index is 2.07. The van der Waals surface area contributed by atoms with Crippen molar-refractivity contribution in [3.63, 3.8) is 0 Å². The molecule has 4 nitrogen and oxygen atoms in total. The highest BCUT2D eigenvalue weighted by atomic mass is 79.9. The van der Waals surface area contributed by atoms with Crippen LogP contribution in [-0.2, 0) is 4.74 Å². The maximum absolute atomic E-state index is 11.8. The molecule has 0 aliphatic carbocycles. The highest BCUT2D eigenvalue weighted by Crippen LogP contribution is 2.30. The summed E-state index contributed by atoms with van der Waals surface area (Å²) >= 11 is 3.43. The van der Waals surface area contributed by atoms with Gasteiger partial charge < -0.3 is 9.47 Å². The summed E-state index contributed by atoms with van der Waals surface area (Å²) in [4.78, 5) is 11.8. The zero-order valence-corrected chi connectivity index (χ0v) is 14.3. The van der Waals surface area contributed by atoms with Crippen LogP contribution in [0.1, 0.15) is 20.8 Å². The standard InChI is InChI=1S/C17H18BrNO3/c1-17(2,3)22-16(20)19-12-7-6-8-13(11-12)21-15-10-5-4-9-14(15)18/h4-11H,1-3H3,(H,19,20). The van der Waals surface area contributed by atoms with Gasteiger partial charge in [0.1, 0.15) is 17.1 Å². The molecule has 0 aliphatic heterocycles. The number of carbonyl (C=O) groups is 1. The van der Waals surface area contributed by atoms with Crippen LogP contribution in [0.5, 0.6) is 11.5 Å².